The summed E-state index contributed by atoms with van der Waals surface area (Å²) in [5, 5.41) is 3.69. The molecule has 0 spiro atoms. The zero-order valence-electron chi connectivity index (χ0n) is 12.9. The third-order valence-electron chi connectivity index (χ3n) is 3.47. The van der Waals surface area contributed by atoms with Crippen LogP contribution in [0.5, 0.6) is 0 Å². The number of hydrogen-bond acceptors (Lipinski definition) is 1. The zero-order valence-corrected chi connectivity index (χ0v) is 12.9. The van der Waals surface area contributed by atoms with Crippen molar-refractivity contribution in [1.82, 2.24) is 5.32 Å². The molecule has 0 bridgehead atoms. The lowest BCUT2D eigenvalue weighted by Crippen LogP contribution is -2.38. The molecule has 0 aliphatic carbocycles. The minimum Gasteiger partial charge on any atom is -0.312 e. The Kier molecular flexibility index (Phi) is 11.0. The van der Waals surface area contributed by atoms with Crippen LogP contribution in [0.4, 0.5) is 0 Å². The van der Waals surface area contributed by atoms with Gasteiger partial charge in [0.2, 0.25) is 0 Å². The van der Waals surface area contributed by atoms with E-state index in [-0.39, 0.29) is 0 Å². The minimum absolute atomic E-state index is 0.618. The molecule has 104 valence electrons. The van der Waals surface area contributed by atoms with Crippen LogP contribution in [0.2, 0.25) is 0 Å². The van der Waals surface area contributed by atoms with Gasteiger partial charge in [-0.05, 0) is 12.3 Å². The molecule has 0 aromatic heterocycles. The summed E-state index contributed by atoms with van der Waals surface area (Å²) in [7, 11) is 0. The molecular formula is C16H35N. The van der Waals surface area contributed by atoms with E-state index in [2.05, 4.69) is 39.9 Å². The van der Waals surface area contributed by atoms with Gasteiger partial charge in [0, 0.05) is 12.1 Å². The van der Waals surface area contributed by atoms with E-state index in [1.807, 2.05) is 0 Å². The zero-order chi connectivity index (χ0) is 13.1. The molecule has 0 rings (SSSR count). The second-order valence-corrected chi connectivity index (χ2v) is 6.08. The molecule has 0 aromatic carbocycles. The Balaban J connectivity index is 3.48. The molecule has 1 nitrogen and oxygen atoms in total. The summed E-state index contributed by atoms with van der Waals surface area (Å²) in [6.45, 7) is 11.5. The number of nitrogens with one attached hydrogen (secondary N) is 1. The summed E-state index contributed by atoms with van der Waals surface area (Å²) >= 11 is 0. The van der Waals surface area contributed by atoms with Gasteiger partial charge in [-0.2, -0.15) is 0 Å². The second kappa shape index (κ2) is 11.1. The molecule has 17 heavy (non-hydrogen) atoms. The lowest BCUT2D eigenvalue weighted by molar-refractivity contribution is 0.340. The summed E-state index contributed by atoms with van der Waals surface area (Å²) in [6, 6.07) is 1.33. The second-order valence-electron chi connectivity index (χ2n) is 6.08. The van der Waals surface area contributed by atoms with Gasteiger partial charge < -0.3 is 5.32 Å². The molecule has 1 heteroatoms. The van der Waals surface area contributed by atoms with E-state index < -0.39 is 0 Å². The van der Waals surface area contributed by atoms with Crippen LogP contribution in [0, 0.1) is 5.92 Å². The summed E-state index contributed by atoms with van der Waals surface area (Å²) in [4.78, 5) is 0. The van der Waals surface area contributed by atoms with E-state index in [1.54, 1.807) is 0 Å². The van der Waals surface area contributed by atoms with E-state index in [1.165, 1.54) is 51.4 Å². The number of hydrogen-bond donors (Lipinski definition) is 1. The fraction of sp³-hybridized carbons (Fsp3) is 1.00. The first kappa shape index (κ1) is 17.0. The van der Waals surface area contributed by atoms with Gasteiger partial charge in [-0.3, -0.25) is 0 Å². The van der Waals surface area contributed by atoms with Gasteiger partial charge in [0.1, 0.15) is 0 Å². The van der Waals surface area contributed by atoms with Crippen molar-refractivity contribution >= 4 is 0 Å². The Morgan fingerprint density at radius 2 is 1.29 bits per heavy atom. The summed E-state index contributed by atoms with van der Waals surface area (Å²) in [5.74, 6) is 0.762. The highest BCUT2D eigenvalue weighted by Crippen LogP contribution is 2.14. The van der Waals surface area contributed by atoms with Gasteiger partial charge >= 0.3 is 0 Å². The van der Waals surface area contributed by atoms with Gasteiger partial charge in [-0.15, -0.1) is 0 Å². The average Bonchev–Trinajstić information content (AvgIpc) is 2.25. The molecule has 0 amide bonds. The van der Waals surface area contributed by atoms with Crippen molar-refractivity contribution in [3.8, 4) is 0 Å². The maximum absolute atomic E-state index is 3.69. The SMILES string of the molecule is CCCCCCCCCC(NC(C)C)C(C)C. The van der Waals surface area contributed by atoms with Crippen LogP contribution in [0.15, 0.2) is 0 Å². The van der Waals surface area contributed by atoms with Crippen LogP contribution in [0.25, 0.3) is 0 Å². The summed E-state index contributed by atoms with van der Waals surface area (Å²) in [5.41, 5.74) is 0. The van der Waals surface area contributed by atoms with Crippen LogP contribution in [0.1, 0.15) is 86.0 Å². The maximum Gasteiger partial charge on any atom is 0.00924 e. The third-order valence-corrected chi connectivity index (χ3v) is 3.47. The lowest BCUT2D eigenvalue weighted by atomic mass is 9.96. The Labute approximate surface area is 110 Å². The van der Waals surface area contributed by atoms with Crippen molar-refractivity contribution in [2.75, 3.05) is 0 Å². The van der Waals surface area contributed by atoms with E-state index in [0.717, 1.165) is 5.92 Å². The first-order chi connectivity index (χ1) is 8.07. The highest BCUT2D eigenvalue weighted by Gasteiger charge is 2.13. The number of rotatable bonds is 11. The molecule has 0 aliphatic rings. The Bertz CT molecular complexity index is 152. The first-order valence-electron chi connectivity index (χ1n) is 7.84. The number of unbranched alkanes of at least 4 members (excludes halogenated alkanes) is 6. The summed E-state index contributed by atoms with van der Waals surface area (Å²) < 4.78 is 0. The first-order valence-corrected chi connectivity index (χ1v) is 7.84. The van der Waals surface area contributed by atoms with E-state index >= 15 is 0 Å². The largest absolute Gasteiger partial charge is 0.312 e. The average molecular weight is 241 g/mol. The van der Waals surface area contributed by atoms with Crippen molar-refractivity contribution in [1.29, 1.82) is 0 Å². The van der Waals surface area contributed by atoms with Crippen LogP contribution >= 0.6 is 0 Å². The Hall–Kier alpha value is -0.0400. The van der Waals surface area contributed by atoms with Crippen molar-refractivity contribution in [2.24, 2.45) is 5.92 Å². The minimum atomic E-state index is 0.618. The van der Waals surface area contributed by atoms with Crippen molar-refractivity contribution in [3.05, 3.63) is 0 Å². The molecule has 0 aromatic rings. The van der Waals surface area contributed by atoms with Gasteiger partial charge in [0.15, 0.2) is 0 Å². The molecule has 0 saturated carbocycles. The van der Waals surface area contributed by atoms with Crippen LogP contribution in [-0.4, -0.2) is 12.1 Å². The molecule has 0 radical (unpaired) electrons. The molecule has 1 N–H and O–H groups in total. The molecule has 0 fully saturated rings. The predicted molar refractivity (Wildman–Crippen MR) is 79.5 cm³/mol. The Morgan fingerprint density at radius 3 is 1.76 bits per heavy atom. The smallest absolute Gasteiger partial charge is 0.00924 e. The fourth-order valence-corrected chi connectivity index (χ4v) is 2.36. The van der Waals surface area contributed by atoms with Gasteiger partial charge in [-0.25, -0.2) is 0 Å². The van der Waals surface area contributed by atoms with Crippen LogP contribution in [-0.2, 0) is 0 Å². The highest BCUT2D eigenvalue weighted by molar-refractivity contribution is 4.72. The molecule has 1 unspecified atom stereocenters. The lowest BCUT2D eigenvalue weighted by Gasteiger charge is -2.24. The van der Waals surface area contributed by atoms with Crippen molar-refractivity contribution in [3.63, 3.8) is 0 Å². The van der Waals surface area contributed by atoms with E-state index in [4.69, 9.17) is 0 Å². The van der Waals surface area contributed by atoms with E-state index in [0.29, 0.717) is 12.1 Å². The third kappa shape index (κ3) is 10.8. The standard InChI is InChI=1S/C16H35N/c1-6-7-8-9-10-11-12-13-16(14(2)3)17-15(4)5/h14-17H,6-13H2,1-5H3. The van der Waals surface area contributed by atoms with Crippen LogP contribution < -0.4 is 5.32 Å². The molecule has 1 atom stereocenters. The molecule has 0 saturated heterocycles. The molecule has 0 aliphatic heterocycles. The maximum atomic E-state index is 3.69. The predicted octanol–water partition coefficient (Wildman–Crippen LogP) is 5.15. The molecular weight excluding hydrogens is 206 g/mol. The van der Waals surface area contributed by atoms with Crippen LogP contribution in [0.3, 0.4) is 0 Å². The highest BCUT2D eigenvalue weighted by atomic mass is 14.9. The monoisotopic (exact) mass is 241 g/mol. The quantitative estimate of drug-likeness (QED) is 0.493. The fourth-order valence-electron chi connectivity index (χ4n) is 2.36. The normalized spacial score (nSPS) is 13.6. The summed E-state index contributed by atoms with van der Waals surface area (Å²) in [6.07, 6.45) is 11.3. The van der Waals surface area contributed by atoms with E-state index in [9.17, 15) is 0 Å². The van der Waals surface area contributed by atoms with Gasteiger partial charge in [0.25, 0.3) is 0 Å². The van der Waals surface area contributed by atoms with Crippen molar-refractivity contribution < 1.29 is 0 Å². The topological polar surface area (TPSA) is 12.0 Å². The van der Waals surface area contributed by atoms with Gasteiger partial charge in [0.05, 0.1) is 0 Å². The van der Waals surface area contributed by atoms with Gasteiger partial charge in [-0.1, -0.05) is 79.6 Å². The Morgan fingerprint density at radius 1 is 0.765 bits per heavy atom. The molecule has 0 heterocycles. The van der Waals surface area contributed by atoms with Crippen molar-refractivity contribution in [2.45, 2.75) is 98.1 Å².